The first-order chi connectivity index (χ1) is 29.5. The summed E-state index contributed by atoms with van der Waals surface area (Å²) in [5.41, 5.74) is 17.0. The van der Waals surface area contributed by atoms with Crippen LogP contribution < -0.4 is 0 Å². The van der Waals surface area contributed by atoms with Crippen molar-refractivity contribution in [2.75, 3.05) is 0 Å². The van der Waals surface area contributed by atoms with Crippen LogP contribution in [0.1, 0.15) is 25.0 Å². The number of fused-ring (bicyclic) bond motifs is 9. The van der Waals surface area contributed by atoms with E-state index in [0.29, 0.717) is 5.82 Å². The highest BCUT2D eigenvalue weighted by molar-refractivity contribution is 6.19. The Morgan fingerprint density at radius 3 is 1.83 bits per heavy atom. The molecule has 0 atom stereocenters. The van der Waals surface area contributed by atoms with Gasteiger partial charge >= 0.3 is 0 Å². The van der Waals surface area contributed by atoms with E-state index in [1.807, 2.05) is 42.5 Å². The molecule has 1 aliphatic carbocycles. The molecular weight excluding hydrogens is 731 g/mol. The fraction of sp³-hybridized carbons (Fsp3) is 0.0536. The van der Waals surface area contributed by atoms with Gasteiger partial charge in [0, 0.05) is 38.4 Å². The van der Waals surface area contributed by atoms with Gasteiger partial charge in [0.2, 0.25) is 0 Å². The summed E-state index contributed by atoms with van der Waals surface area (Å²) in [4.78, 5) is 15.7. The van der Waals surface area contributed by atoms with Crippen molar-refractivity contribution in [3.8, 4) is 67.4 Å². The second-order valence-electron chi connectivity index (χ2n) is 16.3. The lowest BCUT2D eigenvalue weighted by Gasteiger charge is -2.22. The summed E-state index contributed by atoms with van der Waals surface area (Å²) in [6, 6.07) is 66.4. The van der Waals surface area contributed by atoms with Gasteiger partial charge in [-0.25, -0.2) is 15.0 Å². The van der Waals surface area contributed by atoms with Crippen LogP contribution in [0.3, 0.4) is 0 Å². The largest absolute Gasteiger partial charge is 0.455 e. The van der Waals surface area contributed by atoms with Crippen LogP contribution in [0.2, 0.25) is 0 Å². The van der Waals surface area contributed by atoms with Crippen LogP contribution in [0.15, 0.2) is 192 Å². The molecule has 0 spiro atoms. The monoisotopic (exact) mass is 767 g/mol. The summed E-state index contributed by atoms with van der Waals surface area (Å²) in [6.45, 7) is 4.68. The van der Waals surface area contributed by atoms with Crippen molar-refractivity contribution < 1.29 is 4.42 Å². The van der Waals surface area contributed by atoms with Gasteiger partial charge < -0.3 is 4.42 Å². The van der Waals surface area contributed by atoms with Crippen LogP contribution in [0, 0.1) is 0 Å². The van der Waals surface area contributed by atoms with Crippen LogP contribution in [-0.4, -0.2) is 15.0 Å². The molecule has 0 N–H and O–H groups in total. The number of rotatable bonds is 5. The maximum Gasteiger partial charge on any atom is 0.160 e. The summed E-state index contributed by atoms with van der Waals surface area (Å²) in [6.07, 6.45) is 0. The molecule has 11 aromatic rings. The van der Waals surface area contributed by atoms with Gasteiger partial charge in [-0.1, -0.05) is 172 Å². The van der Waals surface area contributed by atoms with Gasteiger partial charge in [0.25, 0.3) is 0 Å². The smallest absolute Gasteiger partial charge is 0.160 e. The Morgan fingerprint density at radius 1 is 0.400 bits per heavy atom. The molecule has 0 fully saturated rings. The molecule has 4 nitrogen and oxygen atoms in total. The third-order valence-electron chi connectivity index (χ3n) is 12.5. The molecule has 3 heterocycles. The van der Waals surface area contributed by atoms with Gasteiger partial charge in [0.1, 0.15) is 11.2 Å². The van der Waals surface area contributed by atoms with E-state index < -0.39 is 0 Å². The lowest BCUT2D eigenvalue weighted by molar-refractivity contribution is 0.660. The molecule has 1 aliphatic rings. The number of benzene rings is 8. The average Bonchev–Trinajstić information content (AvgIpc) is 3.81. The minimum Gasteiger partial charge on any atom is -0.455 e. The zero-order valence-corrected chi connectivity index (χ0v) is 33.1. The minimum absolute atomic E-state index is 0.0765. The van der Waals surface area contributed by atoms with E-state index in [1.165, 1.54) is 38.8 Å². The van der Waals surface area contributed by atoms with Crippen molar-refractivity contribution in [2.45, 2.75) is 19.3 Å². The minimum atomic E-state index is -0.0765. The number of aromatic nitrogens is 3. The van der Waals surface area contributed by atoms with Gasteiger partial charge in [-0.2, -0.15) is 0 Å². The Bertz CT molecular complexity index is 3510. The molecule has 0 saturated heterocycles. The predicted octanol–water partition coefficient (Wildman–Crippen LogP) is 14.7. The summed E-state index contributed by atoms with van der Waals surface area (Å²) in [5, 5.41) is 5.43. The first-order valence-electron chi connectivity index (χ1n) is 20.5. The third kappa shape index (κ3) is 5.27. The zero-order valence-electron chi connectivity index (χ0n) is 33.1. The van der Waals surface area contributed by atoms with Crippen molar-refractivity contribution >= 4 is 43.6 Å². The Balaban J connectivity index is 0.987. The molecule has 0 aliphatic heterocycles. The number of hydrogen-bond acceptors (Lipinski definition) is 4. The van der Waals surface area contributed by atoms with E-state index in [1.54, 1.807) is 0 Å². The molecule has 0 saturated carbocycles. The SMILES string of the molecule is CC1(C)c2ccccc2-c2ccc(-c3ccc(-c4cc(-c5ccc(-c6nc7ccccc7c7oc8ccccc8c67)cc5)nc(-c5ccccc5)n4)c4ccccc34)cc21. The second-order valence-corrected chi connectivity index (χ2v) is 16.3. The van der Waals surface area contributed by atoms with Crippen molar-refractivity contribution in [1.29, 1.82) is 0 Å². The van der Waals surface area contributed by atoms with Crippen molar-refractivity contribution in [2.24, 2.45) is 0 Å². The van der Waals surface area contributed by atoms with E-state index in [-0.39, 0.29) is 5.41 Å². The molecule has 4 heteroatoms. The van der Waals surface area contributed by atoms with E-state index in [4.69, 9.17) is 19.4 Å². The highest BCUT2D eigenvalue weighted by atomic mass is 16.3. The molecule has 0 amide bonds. The summed E-state index contributed by atoms with van der Waals surface area (Å²) in [5.74, 6) is 0.684. The molecule has 8 aromatic carbocycles. The predicted molar refractivity (Wildman–Crippen MR) is 247 cm³/mol. The Morgan fingerprint density at radius 2 is 1.00 bits per heavy atom. The fourth-order valence-electron chi connectivity index (χ4n) is 9.51. The maximum atomic E-state index is 6.48. The lowest BCUT2D eigenvalue weighted by atomic mass is 9.81. The Kier molecular flexibility index (Phi) is 7.54. The van der Waals surface area contributed by atoms with Crippen molar-refractivity contribution in [1.82, 2.24) is 15.0 Å². The number of furan rings is 1. The zero-order chi connectivity index (χ0) is 40.0. The van der Waals surface area contributed by atoms with E-state index in [2.05, 4.69) is 159 Å². The molecule has 0 unspecified atom stereocenters. The lowest BCUT2D eigenvalue weighted by Crippen LogP contribution is -2.14. The number of nitrogens with zero attached hydrogens (tertiary/aromatic N) is 3. The standard InChI is InChI=1S/C56H37N3O/c1-56(2)46-21-11-8-18-41(46)42-29-28-37(32-47(42)56)38-30-31-43(40-17-7-6-16-39(38)40)50-33-49(58-55(59-50)36-14-4-3-5-15-36)34-24-26-35(27-25-34)53-52-45-20-10-13-23-51(45)60-54(52)44-19-9-12-22-48(44)57-53/h3-33H,1-2H3. The molecule has 282 valence electrons. The topological polar surface area (TPSA) is 51.8 Å². The maximum absolute atomic E-state index is 6.48. The van der Waals surface area contributed by atoms with Gasteiger partial charge in [-0.05, 0) is 74.5 Å². The van der Waals surface area contributed by atoms with E-state index in [0.717, 1.165) is 77.6 Å². The van der Waals surface area contributed by atoms with Crippen LogP contribution >= 0.6 is 0 Å². The van der Waals surface area contributed by atoms with Crippen molar-refractivity contribution in [3.63, 3.8) is 0 Å². The molecule has 0 bridgehead atoms. The van der Waals surface area contributed by atoms with Gasteiger partial charge in [-0.3, -0.25) is 0 Å². The summed E-state index contributed by atoms with van der Waals surface area (Å²) in [7, 11) is 0. The van der Waals surface area contributed by atoms with Crippen molar-refractivity contribution in [3.05, 3.63) is 199 Å². The molecule has 60 heavy (non-hydrogen) atoms. The highest BCUT2D eigenvalue weighted by Gasteiger charge is 2.35. The van der Waals surface area contributed by atoms with E-state index >= 15 is 0 Å². The van der Waals surface area contributed by atoms with Crippen LogP contribution in [0.4, 0.5) is 0 Å². The third-order valence-corrected chi connectivity index (χ3v) is 12.5. The number of para-hydroxylation sites is 2. The normalized spacial score (nSPS) is 13.0. The molecule has 12 rings (SSSR count). The Labute approximate surface area is 347 Å². The molecule has 0 radical (unpaired) electrons. The summed E-state index contributed by atoms with van der Waals surface area (Å²) >= 11 is 0. The second kappa shape index (κ2) is 13.2. The quantitative estimate of drug-likeness (QED) is 0.175. The van der Waals surface area contributed by atoms with Gasteiger partial charge in [0.05, 0.1) is 28.0 Å². The van der Waals surface area contributed by atoms with Crippen LogP contribution in [-0.2, 0) is 5.41 Å². The molecular formula is C56H37N3O. The molecule has 3 aromatic heterocycles. The highest BCUT2D eigenvalue weighted by Crippen LogP contribution is 2.50. The Hall–Kier alpha value is -7.69. The van der Waals surface area contributed by atoms with Gasteiger partial charge in [-0.15, -0.1) is 0 Å². The van der Waals surface area contributed by atoms with Crippen LogP contribution in [0.5, 0.6) is 0 Å². The first kappa shape index (κ1) is 34.4. The number of pyridine rings is 1. The fourth-order valence-corrected chi connectivity index (χ4v) is 9.51. The van der Waals surface area contributed by atoms with Crippen LogP contribution in [0.25, 0.3) is 111 Å². The van der Waals surface area contributed by atoms with Gasteiger partial charge in [0.15, 0.2) is 5.82 Å². The first-order valence-corrected chi connectivity index (χ1v) is 20.5. The number of hydrogen-bond donors (Lipinski definition) is 0. The average molecular weight is 768 g/mol. The summed E-state index contributed by atoms with van der Waals surface area (Å²) < 4.78 is 6.48. The van der Waals surface area contributed by atoms with E-state index in [9.17, 15) is 0 Å².